The summed E-state index contributed by atoms with van der Waals surface area (Å²) in [6.45, 7) is 0.721. The third-order valence-corrected chi connectivity index (χ3v) is 4.33. The Morgan fingerprint density at radius 2 is 1.59 bits per heavy atom. The minimum atomic E-state index is 0.721. The van der Waals surface area contributed by atoms with Crippen molar-refractivity contribution in [3.05, 3.63) is 60.7 Å². The van der Waals surface area contributed by atoms with E-state index in [1.807, 2.05) is 24.3 Å². The van der Waals surface area contributed by atoms with Gasteiger partial charge in [0, 0.05) is 24.0 Å². The Bertz CT molecular complexity index is 710. The number of aromatic amines is 1. The van der Waals surface area contributed by atoms with Gasteiger partial charge in [-0.2, -0.15) is 5.10 Å². The lowest BCUT2D eigenvalue weighted by Crippen LogP contribution is -1.92. The number of nitrogens with one attached hydrogen (secondary N) is 1. The van der Waals surface area contributed by atoms with Crippen LogP contribution < -0.4 is 0 Å². The predicted octanol–water partition coefficient (Wildman–Crippen LogP) is 4.48. The number of hydrogen-bond donors (Lipinski definition) is 1. The van der Waals surface area contributed by atoms with Crippen LogP contribution in [0.5, 0.6) is 0 Å². The van der Waals surface area contributed by atoms with E-state index >= 15 is 0 Å². The number of nitrogens with zero attached hydrogens (tertiary/aromatic N) is 1. The number of H-pyrrole nitrogens is 1. The topological polar surface area (TPSA) is 37.9 Å². The summed E-state index contributed by atoms with van der Waals surface area (Å²) in [6, 6.07) is 20.7. The molecule has 4 heteroatoms. The van der Waals surface area contributed by atoms with Crippen molar-refractivity contribution in [2.45, 2.75) is 5.03 Å². The van der Waals surface area contributed by atoms with Gasteiger partial charge in [-0.05, 0) is 5.56 Å². The Balaban J connectivity index is 2.04. The Kier molecular flexibility index (Phi) is 4.93. The first-order valence-corrected chi connectivity index (χ1v) is 8.19. The van der Waals surface area contributed by atoms with Crippen LogP contribution in [0.2, 0.25) is 0 Å². The van der Waals surface area contributed by atoms with Crippen molar-refractivity contribution in [2.24, 2.45) is 0 Å². The fraction of sp³-hybridized carbons (Fsp3) is 0.167. The maximum atomic E-state index is 5.15. The molecule has 1 heterocycles. The van der Waals surface area contributed by atoms with Crippen LogP contribution in [0.15, 0.2) is 65.7 Å². The van der Waals surface area contributed by atoms with Gasteiger partial charge >= 0.3 is 0 Å². The van der Waals surface area contributed by atoms with E-state index in [1.54, 1.807) is 18.9 Å². The van der Waals surface area contributed by atoms with Gasteiger partial charge in [-0.1, -0.05) is 60.7 Å². The number of hydrogen-bond acceptors (Lipinski definition) is 3. The van der Waals surface area contributed by atoms with Gasteiger partial charge in [0.25, 0.3) is 0 Å². The smallest absolute Gasteiger partial charge is 0.101 e. The zero-order valence-corrected chi connectivity index (χ0v) is 13.3. The molecule has 0 aliphatic heterocycles. The van der Waals surface area contributed by atoms with Crippen molar-refractivity contribution in [2.75, 3.05) is 19.5 Å². The summed E-state index contributed by atoms with van der Waals surface area (Å²) in [5.74, 6) is 0.896. The van der Waals surface area contributed by atoms with E-state index in [-0.39, 0.29) is 0 Å². The molecule has 22 heavy (non-hydrogen) atoms. The average Bonchev–Trinajstić information content (AvgIpc) is 3.01. The third kappa shape index (κ3) is 3.24. The van der Waals surface area contributed by atoms with Crippen LogP contribution >= 0.6 is 11.8 Å². The molecule has 0 unspecified atom stereocenters. The third-order valence-electron chi connectivity index (χ3n) is 3.38. The molecule has 0 fully saturated rings. The van der Waals surface area contributed by atoms with E-state index < -0.39 is 0 Å². The van der Waals surface area contributed by atoms with Crippen LogP contribution in [0.25, 0.3) is 22.4 Å². The second kappa shape index (κ2) is 7.29. The number of benzene rings is 2. The molecule has 0 saturated carbocycles. The minimum Gasteiger partial charge on any atom is -0.384 e. The molecule has 1 N–H and O–H groups in total. The number of methoxy groups -OCH3 is 1. The van der Waals surface area contributed by atoms with Crippen LogP contribution in [0.3, 0.4) is 0 Å². The standard InChI is InChI=1S/C18H18N2OS/c1-21-12-13-22-18-16(14-8-4-2-5-9-14)17(19-20-18)15-10-6-3-7-11-15/h2-11H,12-13H2,1H3,(H,19,20). The summed E-state index contributed by atoms with van der Waals surface area (Å²) in [5.41, 5.74) is 4.45. The van der Waals surface area contributed by atoms with Gasteiger partial charge in [0.2, 0.25) is 0 Å². The van der Waals surface area contributed by atoms with Crippen molar-refractivity contribution in [3.63, 3.8) is 0 Å². The lowest BCUT2D eigenvalue weighted by Gasteiger charge is -2.06. The highest BCUT2D eigenvalue weighted by Gasteiger charge is 2.16. The molecule has 3 nitrogen and oxygen atoms in total. The fourth-order valence-electron chi connectivity index (χ4n) is 2.34. The summed E-state index contributed by atoms with van der Waals surface area (Å²) in [4.78, 5) is 0. The molecule has 112 valence electrons. The lowest BCUT2D eigenvalue weighted by molar-refractivity contribution is 0.218. The van der Waals surface area contributed by atoms with Crippen LogP contribution in [0, 0.1) is 0 Å². The maximum Gasteiger partial charge on any atom is 0.101 e. The Hall–Kier alpha value is -2.04. The van der Waals surface area contributed by atoms with Crippen molar-refractivity contribution < 1.29 is 4.74 Å². The zero-order valence-electron chi connectivity index (χ0n) is 12.5. The molecular formula is C18H18N2OS. The molecule has 0 spiro atoms. The number of thioether (sulfide) groups is 1. The summed E-state index contributed by atoms with van der Waals surface area (Å²) in [5, 5.41) is 8.83. The molecule has 3 rings (SSSR count). The van der Waals surface area contributed by atoms with Crippen LogP contribution in [0.1, 0.15) is 0 Å². The van der Waals surface area contributed by atoms with Crippen molar-refractivity contribution in [3.8, 4) is 22.4 Å². The molecule has 2 aromatic carbocycles. The first-order valence-electron chi connectivity index (χ1n) is 7.21. The molecule has 0 saturated heterocycles. The Morgan fingerprint density at radius 3 is 2.23 bits per heavy atom. The van der Waals surface area contributed by atoms with Crippen molar-refractivity contribution >= 4 is 11.8 Å². The minimum absolute atomic E-state index is 0.721. The lowest BCUT2D eigenvalue weighted by atomic mass is 10.0. The SMILES string of the molecule is COCCSc1[nH]nc(-c2ccccc2)c1-c1ccccc1. The van der Waals surface area contributed by atoms with Crippen LogP contribution in [0.4, 0.5) is 0 Å². The first-order chi connectivity index (χ1) is 10.9. The van der Waals surface area contributed by atoms with Gasteiger partial charge in [-0.25, -0.2) is 0 Å². The van der Waals surface area contributed by atoms with E-state index in [2.05, 4.69) is 46.6 Å². The van der Waals surface area contributed by atoms with E-state index in [0.29, 0.717) is 0 Å². The molecule has 0 atom stereocenters. The summed E-state index contributed by atoms with van der Waals surface area (Å²) < 4.78 is 5.15. The number of rotatable bonds is 6. The second-order valence-electron chi connectivity index (χ2n) is 4.85. The fourth-order valence-corrected chi connectivity index (χ4v) is 3.26. The molecule has 0 radical (unpaired) electrons. The Labute approximate surface area is 134 Å². The highest BCUT2D eigenvalue weighted by atomic mass is 32.2. The van der Waals surface area contributed by atoms with Crippen LogP contribution in [-0.2, 0) is 4.74 Å². The van der Waals surface area contributed by atoms with Crippen molar-refractivity contribution in [1.82, 2.24) is 10.2 Å². The van der Waals surface area contributed by atoms with Gasteiger partial charge in [0.15, 0.2) is 0 Å². The molecule has 0 aliphatic rings. The molecular weight excluding hydrogens is 292 g/mol. The van der Waals surface area contributed by atoms with Gasteiger partial charge in [-0.3, -0.25) is 5.10 Å². The van der Waals surface area contributed by atoms with E-state index in [0.717, 1.165) is 34.2 Å². The van der Waals surface area contributed by atoms with Gasteiger partial charge in [-0.15, -0.1) is 11.8 Å². The summed E-state index contributed by atoms with van der Waals surface area (Å²) in [7, 11) is 1.72. The maximum absolute atomic E-state index is 5.15. The van der Waals surface area contributed by atoms with Gasteiger partial charge in [0.1, 0.15) is 5.69 Å². The molecule has 1 aromatic heterocycles. The Morgan fingerprint density at radius 1 is 0.955 bits per heavy atom. The van der Waals surface area contributed by atoms with E-state index in [1.165, 1.54) is 5.56 Å². The van der Waals surface area contributed by atoms with Gasteiger partial charge < -0.3 is 4.74 Å². The van der Waals surface area contributed by atoms with Gasteiger partial charge in [0.05, 0.1) is 11.6 Å². The molecule has 0 aliphatic carbocycles. The summed E-state index contributed by atoms with van der Waals surface area (Å²) >= 11 is 1.74. The predicted molar refractivity (Wildman–Crippen MR) is 92.1 cm³/mol. The molecule has 0 amide bonds. The zero-order chi connectivity index (χ0) is 15.2. The van der Waals surface area contributed by atoms with Crippen molar-refractivity contribution in [1.29, 1.82) is 0 Å². The quantitative estimate of drug-likeness (QED) is 0.539. The molecule has 3 aromatic rings. The highest BCUT2D eigenvalue weighted by Crippen LogP contribution is 2.37. The first kappa shape index (κ1) is 14.9. The normalized spacial score (nSPS) is 10.8. The monoisotopic (exact) mass is 310 g/mol. The van der Waals surface area contributed by atoms with E-state index in [4.69, 9.17) is 4.74 Å². The highest BCUT2D eigenvalue weighted by molar-refractivity contribution is 7.99. The summed E-state index contributed by atoms with van der Waals surface area (Å²) in [6.07, 6.45) is 0. The molecule has 0 bridgehead atoms. The largest absolute Gasteiger partial charge is 0.384 e. The van der Waals surface area contributed by atoms with E-state index in [9.17, 15) is 0 Å². The number of aromatic nitrogens is 2. The number of ether oxygens (including phenoxy) is 1. The second-order valence-corrected chi connectivity index (χ2v) is 5.95. The average molecular weight is 310 g/mol. The van der Waals surface area contributed by atoms with Crippen LogP contribution in [-0.4, -0.2) is 29.7 Å².